The molecule has 2 nitrogen and oxygen atoms in total. The lowest BCUT2D eigenvalue weighted by atomic mass is 9.82. The van der Waals surface area contributed by atoms with Crippen LogP contribution in [-0.4, -0.2) is 10.2 Å². The summed E-state index contributed by atoms with van der Waals surface area (Å²) in [5.41, 5.74) is 9.37. The molecule has 0 radical (unpaired) electrons. The average Bonchev–Trinajstić information content (AvgIpc) is 3.04. The van der Waals surface area contributed by atoms with E-state index in [0.29, 0.717) is 0 Å². The van der Waals surface area contributed by atoms with Crippen molar-refractivity contribution in [1.82, 2.24) is 0 Å². The van der Waals surface area contributed by atoms with Crippen LogP contribution < -0.4 is 0 Å². The van der Waals surface area contributed by atoms with Gasteiger partial charge < -0.3 is 10.2 Å². The highest BCUT2D eigenvalue weighted by atomic mass is 16.3. The molecule has 0 fully saturated rings. The maximum absolute atomic E-state index is 11.5. The van der Waals surface area contributed by atoms with Gasteiger partial charge in [-0.2, -0.15) is 0 Å². The van der Waals surface area contributed by atoms with Crippen molar-refractivity contribution in [2.75, 3.05) is 0 Å². The summed E-state index contributed by atoms with van der Waals surface area (Å²) < 4.78 is 0. The molecule has 2 heteroatoms. The van der Waals surface area contributed by atoms with Crippen molar-refractivity contribution in [2.45, 2.75) is 19.3 Å². The van der Waals surface area contributed by atoms with Gasteiger partial charge in [0.25, 0.3) is 0 Å². The monoisotopic (exact) mass is 532 g/mol. The Kier molecular flexibility index (Phi) is 7.38. The first-order valence-electron chi connectivity index (χ1n) is 14.1. The molecule has 0 unspecified atom stereocenters. The third kappa shape index (κ3) is 5.25. The number of benzene rings is 6. The summed E-state index contributed by atoms with van der Waals surface area (Å²) in [5, 5.41) is 23.1. The molecule has 0 aliphatic heterocycles. The second-order valence-corrected chi connectivity index (χ2v) is 10.4. The van der Waals surface area contributed by atoms with Gasteiger partial charge in [0, 0.05) is 28.2 Å². The third-order valence-corrected chi connectivity index (χ3v) is 7.82. The van der Waals surface area contributed by atoms with Crippen LogP contribution in [0.1, 0.15) is 30.4 Å². The molecule has 6 rings (SSSR count). The van der Waals surface area contributed by atoms with Gasteiger partial charge in [-0.1, -0.05) is 128 Å². The molecule has 0 atom stereocenters. The quantitative estimate of drug-likeness (QED) is 0.215. The number of rotatable bonds is 7. The van der Waals surface area contributed by atoms with Crippen LogP contribution in [0.3, 0.4) is 0 Å². The van der Waals surface area contributed by atoms with Crippen molar-refractivity contribution >= 4 is 0 Å². The lowest BCUT2D eigenvalue weighted by Gasteiger charge is -2.23. The summed E-state index contributed by atoms with van der Waals surface area (Å²) in [5.74, 6) is 0.592. The normalized spacial score (nSPS) is 11.1. The predicted octanol–water partition coefficient (Wildman–Crippen LogP) is 10.3. The van der Waals surface area contributed by atoms with Crippen molar-refractivity contribution in [1.29, 1.82) is 0 Å². The first kappa shape index (κ1) is 26.2. The van der Waals surface area contributed by atoms with Crippen LogP contribution in [-0.2, 0) is 0 Å². The molecule has 0 aromatic heterocycles. The van der Waals surface area contributed by atoms with E-state index in [0.717, 1.165) is 62.1 Å². The van der Waals surface area contributed by atoms with Gasteiger partial charge in [0.2, 0.25) is 0 Å². The van der Waals surface area contributed by atoms with Crippen molar-refractivity contribution in [3.8, 4) is 56.0 Å². The van der Waals surface area contributed by atoms with E-state index < -0.39 is 0 Å². The summed E-state index contributed by atoms with van der Waals surface area (Å²) >= 11 is 0. The first-order chi connectivity index (χ1) is 20.1. The van der Waals surface area contributed by atoms with E-state index in [1.807, 2.05) is 121 Å². The van der Waals surface area contributed by atoms with Crippen LogP contribution >= 0.6 is 0 Å². The van der Waals surface area contributed by atoms with Gasteiger partial charge in [0.15, 0.2) is 0 Å². The Morgan fingerprint density at radius 2 is 0.659 bits per heavy atom. The van der Waals surface area contributed by atoms with Crippen LogP contribution in [0.5, 0.6) is 11.5 Å². The Labute approximate surface area is 241 Å². The summed E-state index contributed by atoms with van der Waals surface area (Å²) in [6.07, 6.45) is 0.848. The summed E-state index contributed by atoms with van der Waals surface area (Å²) in [4.78, 5) is 0. The fourth-order valence-electron chi connectivity index (χ4n) is 5.73. The zero-order valence-corrected chi connectivity index (χ0v) is 23.0. The molecule has 0 saturated heterocycles. The van der Waals surface area contributed by atoms with Gasteiger partial charge in [0.1, 0.15) is 11.5 Å². The molecular formula is C39H32O2. The third-order valence-electron chi connectivity index (χ3n) is 7.82. The standard InChI is InChI=1S/C39H32O2/c1-2-33(31-23-34(27-15-7-3-8-16-27)38(40)35(24-31)28-17-9-4-10-18-28)32-25-36(29-19-11-5-12-20-29)39(41)37(26-32)30-21-13-6-14-22-30/h3-26,33,40-41H,2H2,1H3. The zero-order chi connectivity index (χ0) is 28.2. The van der Waals surface area contributed by atoms with E-state index in [-0.39, 0.29) is 17.4 Å². The summed E-state index contributed by atoms with van der Waals surface area (Å²) in [6, 6.07) is 48.8. The Morgan fingerprint density at radius 3 is 0.878 bits per heavy atom. The Bertz CT molecular complexity index is 1510. The van der Waals surface area contributed by atoms with Crippen LogP contribution in [0, 0.1) is 0 Å². The Hall–Kier alpha value is -5.08. The van der Waals surface area contributed by atoms with Crippen LogP contribution in [0.25, 0.3) is 44.5 Å². The van der Waals surface area contributed by atoms with Gasteiger partial charge in [0.05, 0.1) is 0 Å². The molecule has 0 amide bonds. The molecule has 6 aromatic carbocycles. The Morgan fingerprint density at radius 1 is 0.415 bits per heavy atom. The highest BCUT2D eigenvalue weighted by Crippen LogP contribution is 2.46. The molecule has 41 heavy (non-hydrogen) atoms. The minimum atomic E-state index is 0.0334. The van der Waals surface area contributed by atoms with E-state index in [2.05, 4.69) is 31.2 Å². The predicted molar refractivity (Wildman–Crippen MR) is 170 cm³/mol. The molecular weight excluding hydrogens is 500 g/mol. The van der Waals surface area contributed by atoms with Gasteiger partial charge in [-0.25, -0.2) is 0 Å². The lowest BCUT2D eigenvalue weighted by molar-refractivity contribution is 0.479. The molecule has 0 saturated carbocycles. The minimum Gasteiger partial charge on any atom is -0.507 e. The summed E-state index contributed by atoms with van der Waals surface area (Å²) in [7, 11) is 0. The topological polar surface area (TPSA) is 40.5 Å². The van der Waals surface area contributed by atoms with E-state index in [1.54, 1.807) is 0 Å². The molecule has 0 heterocycles. The van der Waals surface area contributed by atoms with Crippen molar-refractivity contribution in [3.05, 3.63) is 157 Å². The van der Waals surface area contributed by atoms with Crippen LogP contribution in [0.2, 0.25) is 0 Å². The molecule has 2 N–H and O–H groups in total. The molecule has 6 aromatic rings. The van der Waals surface area contributed by atoms with Crippen molar-refractivity contribution < 1.29 is 10.2 Å². The second-order valence-electron chi connectivity index (χ2n) is 10.4. The molecule has 200 valence electrons. The van der Waals surface area contributed by atoms with E-state index in [4.69, 9.17) is 0 Å². The number of aromatic hydroxyl groups is 2. The molecule has 0 spiro atoms. The van der Waals surface area contributed by atoms with Gasteiger partial charge >= 0.3 is 0 Å². The van der Waals surface area contributed by atoms with E-state index in [9.17, 15) is 10.2 Å². The molecule has 0 bridgehead atoms. The number of phenolic OH excluding ortho intramolecular Hbond substituents is 2. The largest absolute Gasteiger partial charge is 0.507 e. The van der Waals surface area contributed by atoms with Gasteiger partial charge in [-0.3, -0.25) is 0 Å². The van der Waals surface area contributed by atoms with Gasteiger partial charge in [-0.15, -0.1) is 0 Å². The van der Waals surface area contributed by atoms with E-state index >= 15 is 0 Å². The van der Waals surface area contributed by atoms with Crippen molar-refractivity contribution in [3.63, 3.8) is 0 Å². The van der Waals surface area contributed by atoms with Crippen molar-refractivity contribution in [2.24, 2.45) is 0 Å². The first-order valence-corrected chi connectivity index (χ1v) is 14.1. The second kappa shape index (κ2) is 11.6. The molecule has 0 aliphatic rings. The highest BCUT2D eigenvalue weighted by molar-refractivity contribution is 5.85. The minimum absolute atomic E-state index is 0.0334. The molecule has 0 aliphatic carbocycles. The van der Waals surface area contributed by atoms with Gasteiger partial charge in [-0.05, 0) is 64.1 Å². The maximum Gasteiger partial charge on any atom is 0.131 e. The number of phenols is 2. The van der Waals surface area contributed by atoms with Crippen LogP contribution in [0.15, 0.2) is 146 Å². The highest BCUT2D eigenvalue weighted by Gasteiger charge is 2.22. The average molecular weight is 533 g/mol. The lowest BCUT2D eigenvalue weighted by Crippen LogP contribution is -2.03. The number of hydrogen-bond donors (Lipinski definition) is 2. The Balaban J connectivity index is 1.59. The smallest absolute Gasteiger partial charge is 0.131 e. The van der Waals surface area contributed by atoms with E-state index in [1.165, 1.54) is 0 Å². The SMILES string of the molecule is CCC(c1cc(-c2ccccc2)c(O)c(-c2ccccc2)c1)c1cc(-c2ccccc2)c(O)c(-c2ccccc2)c1. The van der Waals surface area contributed by atoms with Crippen LogP contribution in [0.4, 0.5) is 0 Å². The fourth-order valence-corrected chi connectivity index (χ4v) is 5.73. The summed E-state index contributed by atoms with van der Waals surface area (Å²) in [6.45, 7) is 2.19. The fraction of sp³-hybridized carbons (Fsp3) is 0.0769. The maximum atomic E-state index is 11.5. The number of hydrogen-bond acceptors (Lipinski definition) is 2. The zero-order valence-electron chi connectivity index (χ0n) is 23.0.